The van der Waals surface area contributed by atoms with Gasteiger partial charge in [0.25, 0.3) is 11.8 Å². The van der Waals surface area contributed by atoms with Crippen LogP contribution in [0, 0.1) is 13.8 Å². The number of benzene rings is 2. The number of carbonyl (C=O) groups excluding carboxylic acids is 2. The summed E-state index contributed by atoms with van der Waals surface area (Å²) >= 11 is 0. The van der Waals surface area contributed by atoms with Gasteiger partial charge in [0.05, 0.1) is 13.2 Å². The standard InChI is InChI=1S/C24H26N2O5/c1-15-12-22(17(3)31-15)16(2)25-24(28)18-8-10-20(11-9-18)30-14-23(27)26-19-6-5-7-21(13-19)29-4/h5-13,16H,14H2,1-4H3,(H,25,28)(H,26,27). The van der Waals surface area contributed by atoms with Crippen molar-refractivity contribution in [1.82, 2.24) is 5.32 Å². The molecule has 1 atom stereocenters. The Kier molecular flexibility index (Phi) is 6.97. The highest BCUT2D eigenvalue weighted by Crippen LogP contribution is 2.22. The number of hydrogen-bond donors (Lipinski definition) is 2. The first kappa shape index (κ1) is 22.0. The molecule has 1 aromatic heterocycles. The van der Waals surface area contributed by atoms with E-state index in [1.54, 1.807) is 55.6 Å². The molecule has 0 saturated heterocycles. The number of ether oxygens (including phenoxy) is 2. The minimum Gasteiger partial charge on any atom is -0.497 e. The maximum absolute atomic E-state index is 12.5. The van der Waals surface area contributed by atoms with E-state index in [0.29, 0.717) is 22.7 Å². The van der Waals surface area contributed by atoms with E-state index in [1.807, 2.05) is 26.8 Å². The van der Waals surface area contributed by atoms with Crippen LogP contribution in [0.5, 0.6) is 11.5 Å². The van der Waals surface area contributed by atoms with E-state index >= 15 is 0 Å². The molecule has 7 heteroatoms. The van der Waals surface area contributed by atoms with E-state index in [0.717, 1.165) is 17.1 Å². The number of carbonyl (C=O) groups is 2. The molecule has 1 unspecified atom stereocenters. The SMILES string of the molecule is COc1cccc(NC(=O)COc2ccc(C(=O)NC(C)c3cc(C)oc3C)cc2)c1. The van der Waals surface area contributed by atoms with Gasteiger partial charge in [0.1, 0.15) is 23.0 Å². The van der Waals surface area contributed by atoms with Crippen LogP contribution in [0.25, 0.3) is 0 Å². The molecule has 3 rings (SSSR count). The molecule has 2 N–H and O–H groups in total. The first-order valence-corrected chi connectivity index (χ1v) is 9.90. The summed E-state index contributed by atoms with van der Waals surface area (Å²) in [7, 11) is 1.56. The van der Waals surface area contributed by atoms with Gasteiger partial charge in [0.2, 0.25) is 0 Å². The third-order valence-electron chi connectivity index (χ3n) is 4.73. The predicted molar refractivity (Wildman–Crippen MR) is 118 cm³/mol. The maximum atomic E-state index is 12.5. The number of nitrogens with one attached hydrogen (secondary N) is 2. The zero-order valence-corrected chi connectivity index (χ0v) is 18.0. The van der Waals surface area contributed by atoms with Crippen molar-refractivity contribution in [2.75, 3.05) is 19.0 Å². The summed E-state index contributed by atoms with van der Waals surface area (Å²) in [5.74, 6) is 2.25. The molecule has 0 aliphatic heterocycles. The summed E-state index contributed by atoms with van der Waals surface area (Å²) in [5.41, 5.74) is 2.07. The highest BCUT2D eigenvalue weighted by atomic mass is 16.5. The normalized spacial score (nSPS) is 11.5. The zero-order chi connectivity index (χ0) is 22.4. The van der Waals surface area contributed by atoms with Gasteiger partial charge in [-0.25, -0.2) is 0 Å². The van der Waals surface area contributed by atoms with E-state index in [4.69, 9.17) is 13.9 Å². The Balaban J connectivity index is 1.51. The molecular weight excluding hydrogens is 396 g/mol. The van der Waals surface area contributed by atoms with E-state index in [2.05, 4.69) is 10.6 Å². The van der Waals surface area contributed by atoms with Crippen molar-refractivity contribution in [3.63, 3.8) is 0 Å². The number of methoxy groups -OCH3 is 1. The van der Waals surface area contributed by atoms with Crippen LogP contribution in [-0.4, -0.2) is 25.5 Å². The minimum atomic E-state index is -0.297. The Labute approximate surface area is 181 Å². The van der Waals surface area contributed by atoms with E-state index < -0.39 is 0 Å². The Hall–Kier alpha value is -3.74. The van der Waals surface area contributed by atoms with Gasteiger partial charge in [0, 0.05) is 22.9 Å². The third-order valence-corrected chi connectivity index (χ3v) is 4.73. The van der Waals surface area contributed by atoms with Crippen LogP contribution < -0.4 is 20.1 Å². The van der Waals surface area contributed by atoms with Gasteiger partial charge >= 0.3 is 0 Å². The second kappa shape index (κ2) is 9.84. The fraction of sp³-hybridized carbons (Fsp3) is 0.250. The van der Waals surface area contributed by atoms with Crippen molar-refractivity contribution < 1.29 is 23.5 Å². The molecule has 0 aliphatic rings. The fourth-order valence-corrected chi connectivity index (χ4v) is 3.19. The summed E-state index contributed by atoms with van der Waals surface area (Å²) in [5, 5.41) is 5.70. The van der Waals surface area contributed by atoms with Crippen LogP contribution in [0.1, 0.15) is 40.4 Å². The highest BCUT2D eigenvalue weighted by molar-refractivity contribution is 5.94. The van der Waals surface area contributed by atoms with Crippen molar-refractivity contribution in [2.45, 2.75) is 26.8 Å². The van der Waals surface area contributed by atoms with Crippen molar-refractivity contribution in [3.05, 3.63) is 77.2 Å². The number of amides is 2. The zero-order valence-electron chi connectivity index (χ0n) is 18.0. The topological polar surface area (TPSA) is 89.8 Å². The lowest BCUT2D eigenvalue weighted by molar-refractivity contribution is -0.118. The molecule has 162 valence electrons. The van der Waals surface area contributed by atoms with Crippen LogP contribution in [0.3, 0.4) is 0 Å². The fourth-order valence-electron chi connectivity index (χ4n) is 3.19. The van der Waals surface area contributed by atoms with Gasteiger partial charge < -0.3 is 24.5 Å². The van der Waals surface area contributed by atoms with E-state index in [9.17, 15) is 9.59 Å². The Morgan fingerprint density at radius 3 is 2.42 bits per heavy atom. The largest absolute Gasteiger partial charge is 0.497 e. The molecule has 3 aromatic rings. The number of hydrogen-bond acceptors (Lipinski definition) is 5. The maximum Gasteiger partial charge on any atom is 0.262 e. The van der Waals surface area contributed by atoms with Crippen molar-refractivity contribution >= 4 is 17.5 Å². The second-order valence-corrected chi connectivity index (χ2v) is 7.16. The monoisotopic (exact) mass is 422 g/mol. The Morgan fingerprint density at radius 1 is 1.03 bits per heavy atom. The molecule has 31 heavy (non-hydrogen) atoms. The average molecular weight is 422 g/mol. The van der Waals surface area contributed by atoms with Gasteiger partial charge in [-0.05, 0) is 63.2 Å². The molecule has 0 aliphatic carbocycles. The van der Waals surface area contributed by atoms with Gasteiger partial charge in [-0.3, -0.25) is 9.59 Å². The molecule has 0 spiro atoms. The van der Waals surface area contributed by atoms with Crippen LogP contribution in [0.4, 0.5) is 5.69 Å². The van der Waals surface area contributed by atoms with Gasteiger partial charge in [-0.15, -0.1) is 0 Å². The molecule has 1 heterocycles. The number of anilines is 1. The molecule has 0 fully saturated rings. The first-order chi connectivity index (χ1) is 14.9. The Bertz CT molecular complexity index is 1060. The first-order valence-electron chi connectivity index (χ1n) is 9.90. The Morgan fingerprint density at radius 2 is 1.77 bits per heavy atom. The molecule has 0 saturated carbocycles. The van der Waals surface area contributed by atoms with Crippen molar-refractivity contribution in [3.8, 4) is 11.5 Å². The van der Waals surface area contributed by atoms with Crippen LogP contribution in [-0.2, 0) is 4.79 Å². The summed E-state index contributed by atoms with van der Waals surface area (Å²) < 4.78 is 16.2. The van der Waals surface area contributed by atoms with Crippen LogP contribution in [0.2, 0.25) is 0 Å². The molecule has 7 nitrogen and oxygen atoms in total. The lowest BCUT2D eigenvalue weighted by Crippen LogP contribution is -2.26. The van der Waals surface area contributed by atoms with Crippen molar-refractivity contribution in [1.29, 1.82) is 0 Å². The minimum absolute atomic E-state index is 0.154. The van der Waals surface area contributed by atoms with Gasteiger partial charge in [0.15, 0.2) is 6.61 Å². The number of rotatable bonds is 8. The number of furan rings is 1. The number of aryl methyl sites for hydroxylation is 2. The van der Waals surface area contributed by atoms with Gasteiger partial charge in [-0.1, -0.05) is 6.07 Å². The average Bonchev–Trinajstić information content (AvgIpc) is 3.10. The van der Waals surface area contributed by atoms with Crippen LogP contribution in [0.15, 0.2) is 59.0 Å². The molecule has 2 amide bonds. The predicted octanol–water partition coefficient (Wildman–Crippen LogP) is 4.41. The summed E-state index contributed by atoms with van der Waals surface area (Å²) in [6.07, 6.45) is 0. The van der Waals surface area contributed by atoms with Crippen molar-refractivity contribution in [2.24, 2.45) is 0 Å². The molecular formula is C24H26N2O5. The second-order valence-electron chi connectivity index (χ2n) is 7.16. The van der Waals surface area contributed by atoms with Crippen LogP contribution >= 0.6 is 0 Å². The summed E-state index contributed by atoms with van der Waals surface area (Å²) in [4.78, 5) is 24.6. The quantitative estimate of drug-likeness (QED) is 0.561. The summed E-state index contributed by atoms with van der Waals surface area (Å²) in [6, 6.07) is 15.4. The van der Waals surface area contributed by atoms with E-state index in [-0.39, 0.29) is 24.5 Å². The smallest absolute Gasteiger partial charge is 0.262 e. The lowest BCUT2D eigenvalue weighted by atomic mass is 10.1. The molecule has 0 radical (unpaired) electrons. The third kappa shape index (κ3) is 5.88. The van der Waals surface area contributed by atoms with Gasteiger partial charge in [-0.2, -0.15) is 0 Å². The molecule has 2 aromatic carbocycles. The highest BCUT2D eigenvalue weighted by Gasteiger charge is 2.16. The molecule has 0 bridgehead atoms. The summed E-state index contributed by atoms with van der Waals surface area (Å²) in [6.45, 7) is 5.51. The van der Waals surface area contributed by atoms with E-state index in [1.165, 1.54) is 0 Å². The lowest BCUT2D eigenvalue weighted by Gasteiger charge is -2.13.